The van der Waals surface area contributed by atoms with Gasteiger partial charge in [0.25, 0.3) is 0 Å². The monoisotopic (exact) mass is 299 g/mol. The normalized spacial score (nSPS) is 11.3. The van der Waals surface area contributed by atoms with Crippen LogP contribution in [0.4, 0.5) is 5.69 Å². The number of halogens is 2. The first-order chi connectivity index (χ1) is 6.44. The van der Waals surface area contributed by atoms with Crippen molar-refractivity contribution in [3.05, 3.63) is 23.2 Å². The lowest BCUT2D eigenvalue weighted by atomic mass is 10.3. The second-order valence-corrected chi connectivity index (χ2v) is 5.92. The Kier molecular flexibility index (Phi) is 3.63. The molecule has 1 rings (SSSR count). The largest absolute Gasteiger partial charge is 0.506 e. The van der Waals surface area contributed by atoms with Crippen LogP contribution in [0.5, 0.6) is 5.75 Å². The number of phenols is 1. The molecule has 0 aliphatic rings. The minimum atomic E-state index is -3.38. The summed E-state index contributed by atoms with van der Waals surface area (Å²) in [6.07, 6.45) is 0. The molecule has 0 saturated heterocycles. The molecule has 0 saturated carbocycles. The summed E-state index contributed by atoms with van der Waals surface area (Å²) in [6, 6.07) is 4.06. The first-order valence-electron chi connectivity index (χ1n) is 3.49. The van der Waals surface area contributed by atoms with Gasteiger partial charge in [0.15, 0.2) is 0 Å². The van der Waals surface area contributed by atoms with Crippen LogP contribution in [0.15, 0.2) is 18.2 Å². The van der Waals surface area contributed by atoms with Crippen molar-refractivity contribution < 1.29 is 13.5 Å². The van der Waals surface area contributed by atoms with Crippen molar-refractivity contribution in [3.63, 3.8) is 0 Å². The minimum Gasteiger partial charge on any atom is -0.506 e. The molecule has 0 spiro atoms. The van der Waals surface area contributed by atoms with Gasteiger partial charge in [-0.2, -0.15) is 0 Å². The molecule has 0 bridgehead atoms. The van der Waals surface area contributed by atoms with E-state index in [1.54, 1.807) is 0 Å². The smallest absolute Gasteiger partial charge is 0.242 e. The van der Waals surface area contributed by atoms with Crippen LogP contribution in [0.2, 0.25) is 5.02 Å². The molecule has 0 unspecified atom stereocenters. The highest BCUT2D eigenvalue weighted by Crippen LogP contribution is 2.26. The molecular weight excluding hydrogens is 294 g/mol. The zero-order chi connectivity index (χ0) is 10.8. The van der Waals surface area contributed by atoms with Crippen LogP contribution < -0.4 is 4.72 Å². The van der Waals surface area contributed by atoms with Crippen LogP contribution in [0.1, 0.15) is 0 Å². The van der Waals surface area contributed by atoms with Crippen LogP contribution in [-0.4, -0.2) is 18.2 Å². The van der Waals surface area contributed by atoms with Gasteiger partial charge >= 0.3 is 0 Å². The highest BCUT2D eigenvalue weighted by Gasteiger charge is 2.08. The molecule has 0 radical (unpaired) electrons. The molecule has 0 atom stereocenters. The molecule has 0 fully saturated rings. The van der Waals surface area contributed by atoms with Crippen molar-refractivity contribution in [1.29, 1.82) is 0 Å². The van der Waals surface area contributed by atoms with Crippen LogP contribution in [-0.2, 0) is 10.0 Å². The molecule has 4 nitrogen and oxygen atoms in total. The number of hydrogen-bond acceptors (Lipinski definition) is 3. The Balaban J connectivity index is 2.94. The van der Waals surface area contributed by atoms with Gasteiger partial charge in [-0.05, 0) is 18.2 Å². The number of phenolic OH excluding ortho intramolecular Hbond substituents is 1. The molecule has 1 aromatic rings. The fraction of sp³-hybridized carbons (Fsp3) is 0.143. The number of hydrogen-bond donors (Lipinski definition) is 2. The van der Waals surface area contributed by atoms with Gasteiger partial charge in [0, 0.05) is 0 Å². The van der Waals surface area contributed by atoms with E-state index in [4.69, 9.17) is 16.7 Å². The molecule has 0 aliphatic heterocycles. The number of anilines is 1. The van der Waals surface area contributed by atoms with Crippen LogP contribution >= 0.6 is 27.5 Å². The summed E-state index contributed by atoms with van der Waals surface area (Å²) in [5, 5.41) is 9.18. The number of benzene rings is 1. The third kappa shape index (κ3) is 3.04. The summed E-state index contributed by atoms with van der Waals surface area (Å²) in [5.41, 5.74) is 0.312. The number of sulfonamides is 1. The van der Waals surface area contributed by atoms with Crippen molar-refractivity contribution in [2.45, 2.75) is 0 Å². The van der Waals surface area contributed by atoms with E-state index in [-0.39, 0.29) is 15.4 Å². The number of nitrogens with one attached hydrogen (secondary N) is 1. The molecule has 1 aromatic carbocycles. The summed E-state index contributed by atoms with van der Waals surface area (Å²) in [5.74, 6) is -0.0894. The van der Waals surface area contributed by atoms with E-state index in [1.165, 1.54) is 18.2 Å². The SMILES string of the molecule is O=S(=O)(CBr)Nc1ccc(O)c(Cl)c1. The third-order valence-corrected chi connectivity index (χ3v) is 4.31. The molecule has 14 heavy (non-hydrogen) atoms. The van der Waals surface area contributed by atoms with Gasteiger partial charge in [-0.15, -0.1) is 0 Å². The second kappa shape index (κ2) is 4.37. The Bertz CT molecular complexity index is 435. The molecule has 0 aliphatic carbocycles. The highest BCUT2D eigenvalue weighted by molar-refractivity contribution is 9.10. The second-order valence-electron chi connectivity index (χ2n) is 2.49. The average Bonchev–Trinajstić information content (AvgIpc) is 2.11. The summed E-state index contributed by atoms with van der Waals surface area (Å²) in [4.78, 5) is 0. The Morgan fingerprint density at radius 3 is 2.64 bits per heavy atom. The van der Waals surface area contributed by atoms with E-state index >= 15 is 0 Å². The van der Waals surface area contributed by atoms with Gasteiger partial charge in [-0.25, -0.2) is 8.42 Å². The zero-order valence-electron chi connectivity index (χ0n) is 6.87. The Morgan fingerprint density at radius 2 is 2.14 bits per heavy atom. The van der Waals surface area contributed by atoms with E-state index < -0.39 is 10.0 Å². The summed E-state index contributed by atoms with van der Waals surface area (Å²) < 4.78 is 24.3. The molecule has 0 amide bonds. The molecule has 2 N–H and O–H groups in total. The molecule has 0 aromatic heterocycles. The predicted molar refractivity (Wildman–Crippen MR) is 59.5 cm³/mol. The highest BCUT2D eigenvalue weighted by atomic mass is 79.9. The standard InChI is InChI=1S/C7H7BrClNO3S/c8-4-14(12,13)10-5-1-2-7(11)6(9)3-5/h1-3,10-11H,4H2. The topological polar surface area (TPSA) is 66.4 Å². The third-order valence-electron chi connectivity index (χ3n) is 1.36. The van der Waals surface area contributed by atoms with Crippen molar-refractivity contribution >= 4 is 43.2 Å². The van der Waals surface area contributed by atoms with E-state index in [9.17, 15) is 8.42 Å². The minimum absolute atomic E-state index is 0.0894. The average molecular weight is 301 g/mol. The number of alkyl halides is 1. The fourth-order valence-electron chi connectivity index (χ4n) is 0.777. The maximum atomic E-state index is 11.1. The van der Waals surface area contributed by atoms with Crippen molar-refractivity contribution in [1.82, 2.24) is 0 Å². The van der Waals surface area contributed by atoms with Crippen molar-refractivity contribution in [2.75, 3.05) is 9.38 Å². The Hall–Kier alpha value is -0.460. The van der Waals surface area contributed by atoms with Gasteiger partial charge in [-0.1, -0.05) is 27.5 Å². The van der Waals surface area contributed by atoms with Gasteiger partial charge in [0.1, 0.15) is 10.4 Å². The van der Waals surface area contributed by atoms with Gasteiger partial charge in [-0.3, -0.25) is 4.72 Å². The first kappa shape index (κ1) is 11.6. The molecule has 0 heterocycles. The quantitative estimate of drug-likeness (QED) is 0.664. The summed E-state index contributed by atoms with van der Waals surface area (Å²) >= 11 is 8.42. The Labute approximate surface area is 95.1 Å². The van der Waals surface area contributed by atoms with Crippen molar-refractivity contribution in [3.8, 4) is 5.75 Å². The van der Waals surface area contributed by atoms with Crippen LogP contribution in [0, 0.1) is 0 Å². The lowest BCUT2D eigenvalue weighted by Gasteiger charge is -2.05. The molecular formula is C7H7BrClNO3S. The summed E-state index contributed by atoms with van der Waals surface area (Å²) in [7, 11) is -3.38. The zero-order valence-corrected chi connectivity index (χ0v) is 10.0. The number of rotatable bonds is 3. The number of aromatic hydroxyl groups is 1. The predicted octanol–water partition coefficient (Wildman–Crippen LogP) is 2.14. The van der Waals surface area contributed by atoms with E-state index in [1.807, 2.05) is 0 Å². The van der Waals surface area contributed by atoms with Gasteiger partial charge < -0.3 is 5.11 Å². The lowest BCUT2D eigenvalue weighted by Crippen LogP contribution is -2.12. The lowest BCUT2D eigenvalue weighted by molar-refractivity contribution is 0.475. The van der Waals surface area contributed by atoms with Gasteiger partial charge in [0.2, 0.25) is 10.0 Å². The maximum Gasteiger partial charge on any atom is 0.242 e. The van der Waals surface area contributed by atoms with E-state index in [0.29, 0.717) is 5.69 Å². The van der Waals surface area contributed by atoms with Gasteiger partial charge in [0.05, 0.1) is 10.7 Å². The molecule has 7 heteroatoms. The van der Waals surface area contributed by atoms with Crippen LogP contribution in [0.3, 0.4) is 0 Å². The first-order valence-corrected chi connectivity index (χ1v) is 6.65. The summed E-state index contributed by atoms with van der Waals surface area (Å²) in [6.45, 7) is 0. The van der Waals surface area contributed by atoms with E-state index in [2.05, 4.69) is 20.7 Å². The van der Waals surface area contributed by atoms with Crippen molar-refractivity contribution in [2.24, 2.45) is 0 Å². The maximum absolute atomic E-state index is 11.1. The van der Waals surface area contributed by atoms with E-state index in [0.717, 1.165) is 0 Å². The molecule has 78 valence electrons. The van der Waals surface area contributed by atoms with Crippen LogP contribution in [0.25, 0.3) is 0 Å². The fourth-order valence-corrected chi connectivity index (χ4v) is 1.84. The Morgan fingerprint density at radius 1 is 1.50 bits per heavy atom.